The van der Waals surface area contributed by atoms with Gasteiger partial charge in [0.2, 0.25) is 0 Å². The average Bonchev–Trinajstić information content (AvgIpc) is 2.83. The van der Waals surface area contributed by atoms with Crippen LogP contribution in [0.25, 0.3) is 0 Å². The zero-order valence-corrected chi connectivity index (χ0v) is 27.6. The molecule has 0 unspecified atom stereocenters. The maximum Gasteiger partial charge on any atom is 3.00 e. The topological polar surface area (TPSA) is 0 Å². The summed E-state index contributed by atoms with van der Waals surface area (Å²) in [6, 6.07) is 0. The van der Waals surface area contributed by atoms with E-state index in [1.54, 1.807) is 0 Å². The molecule has 0 saturated heterocycles. The second-order valence-corrected chi connectivity index (χ2v) is 21.7. The zero-order chi connectivity index (χ0) is 23.5. The molecular weight excluding hydrogens is 531 g/mol. The molecule has 0 bridgehead atoms. The molecule has 2 aliphatic rings. The van der Waals surface area contributed by atoms with Gasteiger partial charge in [0.1, 0.15) is 0 Å². The first-order chi connectivity index (χ1) is 12.8. The molecule has 0 aliphatic heterocycles. The number of rotatable bonds is 2. The molecule has 0 heterocycles. The summed E-state index contributed by atoms with van der Waals surface area (Å²) in [6.45, 7) is 36.4. The van der Waals surface area contributed by atoms with Crippen molar-refractivity contribution in [1.82, 2.24) is 0 Å². The van der Waals surface area contributed by atoms with Crippen LogP contribution in [0.15, 0.2) is 0 Å². The van der Waals surface area contributed by atoms with E-state index >= 15 is 0 Å². The first-order valence-corrected chi connectivity index (χ1v) is 18.2. The molecule has 0 atom stereocenters. The Morgan fingerprint density at radius 3 is 0.467 bits per heavy atom. The van der Waals surface area contributed by atoms with Gasteiger partial charge < -0.3 is 5.67 Å². The van der Waals surface area contributed by atoms with Gasteiger partial charge in [0, 0.05) is 0 Å². The number of hydrogen-bond donors (Lipinski definition) is 0. The van der Waals surface area contributed by atoms with Gasteiger partial charge in [-0.1, -0.05) is 109 Å². The Bertz CT molecular complexity index is 333. The summed E-state index contributed by atoms with van der Waals surface area (Å²) >= 11 is 0. The van der Waals surface area contributed by atoms with E-state index in [-0.39, 0.29) is 40.4 Å². The van der Waals surface area contributed by atoms with E-state index in [4.69, 9.17) is 0 Å². The monoisotopic (exact) mass is 581 g/mol. The quantitative estimate of drug-likeness (QED) is 0.226. The molecule has 2 aliphatic carbocycles. The average molecular weight is 580 g/mol. The van der Waals surface area contributed by atoms with Crippen LogP contribution in [0, 0.1) is 105 Å². The van der Waals surface area contributed by atoms with Crippen molar-refractivity contribution in [3.05, 3.63) is 64.8 Å². The summed E-state index contributed by atoms with van der Waals surface area (Å²) in [4.78, 5) is 0. The van der Waals surface area contributed by atoms with Crippen molar-refractivity contribution >= 4 is 16.1 Å². The summed E-state index contributed by atoms with van der Waals surface area (Å²) in [6.07, 6.45) is 0. The molecule has 0 amide bonds. The van der Waals surface area contributed by atoms with Crippen molar-refractivity contribution in [3.63, 3.8) is 0 Å². The Morgan fingerprint density at radius 1 is 0.333 bits per heavy atom. The van der Waals surface area contributed by atoms with Crippen molar-refractivity contribution in [2.24, 2.45) is 0 Å². The van der Waals surface area contributed by atoms with Crippen molar-refractivity contribution in [2.45, 2.75) is 109 Å². The van der Waals surface area contributed by atoms with Crippen LogP contribution in [0.5, 0.6) is 0 Å². The molecule has 0 aromatic heterocycles. The fourth-order valence-electron chi connectivity index (χ4n) is 4.11. The summed E-state index contributed by atoms with van der Waals surface area (Å²) in [7, 11) is -1.71. The van der Waals surface area contributed by atoms with E-state index in [1.807, 2.05) is 0 Å². The summed E-state index contributed by atoms with van der Waals surface area (Å²) in [5, 5.41) is 0. The molecule has 30 heavy (non-hydrogen) atoms. The smallest absolute Gasteiger partial charge is 0.327 e. The third-order valence-corrected chi connectivity index (χ3v) is 13.4. The Balaban J connectivity index is 0. The van der Waals surface area contributed by atoms with E-state index in [0.29, 0.717) is 0 Å². The fraction of sp³-hybridized carbons (Fsp3) is 0.593. The van der Waals surface area contributed by atoms with Crippen molar-refractivity contribution in [2.75, 3.05) is 0 Å². The number of hydrogen-bond acceptors (Lipinski definition) is 0. The van der Waals surface area contributed by atoms with E-state index < -0.39 is 16.1 Å². The van der Waals surface area contributed by atoms with Gasteiger partial charge in [-0.25, -0.2) is 0 Å². The Labute approximate surface area is 228 Å². The van der Waals surface area contributed by atoms with Crippen LogP contribution < -0.4 is 0 Å². The predicted molar refractivity (Wildman–Crippen MR) is 140 cm³/mol. The minimum atomic E-state index is -0.856. The van der Waals surface area contributed by atoms with Gasteiger partial charge in [0.25, 0.3) is 0 Å². The maximum absolute atomic E-state index is 2.65. The maximum atomic E-state index is 2.65. The predicted octanol–water partition coefficient (Wildman–Crippen LogP) is 8.89. The van der Waals surface area contributed by atoms with Gasteiger partial charge in [-0.2, -0.15) is 0 Å². The first-order valence-electron chi connectivity index (χ1n) is 11.1. The van der Waals surface area contributed by atoms with E-state index in [9.17, 15) is 0 Å². The Morgan fingerprint density at radius 2 is 0.433 bits per heavy atom. The van der Waals surface area contributed by atoms with Crippen LogP contribution in [0.4, 0.5) is 0 Å². The molecule has 11 radical (unpaired) electrons. The molecule has 0 spiro atoms. The minimum Gasteiger partial charge on any atom is -0.327 e. The minimum absolute atomic E-state index is 0. The van der Waals surface area contributed by atoms with E-state index in [2.05, 4.69) is 114 Å². The van der Waals surface area contributed by atoms with Gasteiger partial charge in [-0.05, 0) is 59.2 Å². The molecule has 0 aromatic rings. The standard InChI is InChI=1S/2C10H15.C7H19Si2.Sm/c2*1-6-7(2)9(4)10(5)8(6)3;1-8(2,3)7-9(4,5)6;/h2*1-5H3;7H,1-6H3;/q;;-1;+3. The largest absolute Gasteiger partial charge is 3.00 e. The van der Waals surface area contributed by atoms with Gasteiger partial charge in [-0.15, -0.1) is 16.1 Å². The van der Waals surface area contributed by atoms with Crippen LogP contribution >= 0.6 is 0 Å². The summed E-state index contributed by atoms with van der Waals surface area (Å²) in [5.41, 5.74) is 2.65. The second kappa shape index (κ2) is 13.6. The Kier molecular flexibility index (Phi) is 15.4. The van der Waals surface area contributed by atoms with Crippen molar-refractivity contribution in [1.29, 1.82) is 0 Å². The van der Waals surface area contributed by atoms with Gasteiger partial charge >= 0.3 is 40.4 Å². The molecule has 2 saturated carbocycles. The third kappa shape index (κ3) is 10.8. The van der Waals surface area contributed by atoms with Gasteiger partial charge in [0.05, 0.1) is 0 Å². The fourth-order valence-corrected chi connectivity index (χ4v) is 14.5. The zero-order valence-electron chi connectivity index (χ0n) is 23.0. The van der Waals surface area contributed by atoms with Crippen LogP contribution in [0.3, 0.4) is 0 Å². The van der Waals surface area contributed by atoms with Crippen LogP contribution in [-0.4, -0.2) is 16.1 Å². The molecular formula is C27H49Si2Sm+2. The molecule has 0 aromatic carbocycles. The molecule has 0 nitrogen and oxygen atoms in total. The summed E-state index contributed by atoms with van der Waals surface area (Å²) < 4.78 is 0. The molecule has 0 N–H and O–H groups in total. The summed E-state index contributed by atoms with van der Waals surface area (Å²) in [5.74, 6) is 14.7. The SMILES string of the molecule is C[C]1[C](C)[C](C)[C](C)[C]1C.C[C]1[C](C)[C](C)[C](C)[C]1C.C[Si](C)(C)[CH-][Si](C)(C)C.[Sm+3]. The Hall–Kier alpha value is 1.77. The third-order valence-electron chi connectivity index (χ3n) is 6.49. The van der Waals surface area contributed by atoms with E-state index in [1.165, 1.54) is 59.2 Å². The van der Waals surface area contributed by atoms with Crippen LogP contribution in [-0.2, 0) is 0 Å². The van der Waals surface area contributed by atoms with Crippen LogP contribution in [0.1, 0.15) is 69.2 Å². The van der Waals surface area contributed by atoms with Crippen molar-refractivity contribution in [3.8, 4) is 0 Å². The molecule has 169 valence electrons. The normalized spacial score (nSPS) is 23.2. The van der Waals surface area contributed by atoms with E-state index in [0.717, 1.165) is 0 Å². The van der Waals surface area contributed by atoms with Gasteiger partial charge in [-0.3, -0.25) is 0 Å². The molecule has 3 heteroatoms. The molecule has 2 rings (SSSR count). The first kappa shape index (κ1) is 33.9. The van der Waals surface area contributed by atoms with Crippen molar-refractivity contribution < 1.29 is 40.4 Å². The second-order valence-electron chi connectivity index (χ2n) is 11.1. The van der Waals surface area contributed by atoms with Crippen LogP contribution in [0.2, 0.25) is 39.3 Å². The van der Waals surface area contributed by atoms with Gasteiger partial charge in [0.15, 0.2) is 0 Å². The molecule has 2 fully saturated rings.